The van der Waals surface area contributed by atoms with Gasteiger partial charge in [0.25, 0.3) is 0 Å². The van der Waals surface area contributed by atoms with Crippen molar-refractivity contribution < 1.29 is 4.74 Å². The fourth-order valence-electron chi connectivity index (χ4n) is 2.45. The molecule has 0 aromatic heterocycles. The summed E-state index contributed by atoms with van der Waals surface area (Å²) in [7, 11) is 2.25. The summed E-state index contributed by atoms with van der Waals surface area (Å²) >= 11 is 0. The van der Waals surface area contributed by atoms with Crippen LogP contribution in [0.2, 0.25) is 0 Å². The summed E-state index contributed by atoms with van der Waals surface area (Å²) in [5.74, 6) is 0.845. The predicted molar refractivity (Wildman–Crippen MR) is 68.8 cm³/mol. The van der Waals surface area contributed by atoms with Crippen molar-refractivity contribution >= 4 is 0 Å². The Kier molecular flexibility index (Phi) is 7.01. The Labute approximate surface area is 101 Å². The van der Waals surface area contributed by atoms with Crippen molar-refractivity contribution in [1.82, 2.24) is 10.2 Å². The molecule has 1 saturated heterocycles. The van der Waals surface area contributed by atoms with Gasteiger partial charge in [-0.2, -0.15) is 0 Å². The monoisotopic (exact) mass is 228 g/mol. The van der Waals surface area contributed by atoms with Gasteiger partial charge in [0, 0.05) is 32.3 Å². The van der Waals surface area contributed by atoms with Gasteiger partial charge in [0.1, 0.15) is 0 Å². The summed E-state index contributed by atoms with van der Waals surface area (Å²) in [4.78, 5) is 2.48. The first kappa shape index (κ1) is 13.9. The van der Waals surface area contributed by atoms with E-state index in [4.69, 9.17) is 4.74 Å². The van der Waals surface area contributed by atoms with Crippen LogP contribution in [0.4, 0.5) is 0 Å². The molecule has 0 aliphatic carbocycles. The van der Waals surface area contributed by atoms with Gasteiger partial charge in [-0.05, 0) is 38.8 Å². The zero-order chi connectivity index (χ0) is 11.8. The van der Waals surface area contributed by atoms with Gasteiger partial charge in [-0.3, -0.25) is 0 Å². The van der Waals surface area contributed by atoms with Crippen molar-refractivity contribution in [1.29, 1.82) is 0 Å². The summed E-state index contributed by atoms with van der Waals surface area (Å²) in [6.07, 6.45) is 3.69. The lowest BCUT2D eigenvalue weighted by Crippen LogP contribution is -2.41. The van der Waals surface area contributed by atoms with Gasteiger partial charge >= 0.3 is 0 Å². The van der Waals surface area contributed by atoms with E-state index in [1.165, 1.54) is 32.4 Å². The largest absolute Gasteiger partial charge is 0.381 e. The van der Waals surface area contributed by atoms with E-state index in [9.17, 15) is 0 Å². The molecule has 0 aromatic rings. The molecule has 0 bridgehead atoms. The van der Waals surface area contributed by atoms with Crippen LogP contribution >= 0.6 is 0 Å². The van der Waals surface area contributed by atoms with Gasteiger partial charge in [-0.25, -0.2) is 0 Å². The molecule has 0 radical (unpaired) electrons. The summed E-state index contributed by atoms with van der Waals surface area (Å²) in [5, 5.41) is 3.53. The Hall–Kier alpha value is -0.120. The third-order valence-electron chi connectivity index (χ3n) is 3.43. The molecule has 96 valence electrons. The number of ether oxygens (including phenoxy) is 1. The molecule has 1 aliphatic rings. The maximum Gasteiger partial charge on any atom is 0.0469 e. The van der Waals surface area contributed by atoms with Crippen LogP contribution in [0.3, 0.4) is 0 Å². The van der Waals surface area contributed by atoms with Gasteiger partial charge < -0.3 is 15.0 Å². The summed E-state index contributed by atoms with van der Waals surface area (Å²) < 4.78 is 5.39. The normalized spacial score (nSPS) is 20.2. The van der Waals surface area contributed by atoms with Crippen LogP contribution in [-0.2, 0) is 4.74 Å². The smallest absolute Gasteiger partial charge is 0.0469 e. The lowest BCUT2D eigenvalue weighted by Gasteiger charge is -2.29. The van der Waals surface area contributed by atoms with Crippen LogP contribution in [0.25, 0.3) is 0 Å². The van der Waals surface area contributed by atoms with Crippen molar-refractivity contribution in [2.24, 2.45) is 5.92 Å². The maximum absolute atomic E-state index is 5.39. The number of nitrogens with zero attached hydrogens (tertiary/aromatic N) is 1. The fraction of sp³-hybridized carbons (Fsp3) is 1.00. The lowest BCUT2D eigenvalue weighted by atomic mass is 9.99. The van der Waals surface area contributed by atoms with Crippen molar-refractivity contribution in [2.45, 2.75) is 39.2 Å². The van der Waals surface area contributed by atoms with Crippen LogP contribution in [-0.4, -0.2) is 50.8 Å². The summed E-state index contributed by atoms with van der Waals surface area (Å²) in [6, 6.07) is 0.648. The number of hydrogen-bond acceptors (Lipinski definition) is 3. The Balaban J connectivity index is 2.19. The molecule has 1 fully saturated rings. The van der Waals surface area contributed by atoms with Gasteiger partial charge in [0.05, 0.1) is 0 Å². The van der Waals surface area contributed by atoms with Crippen molar-refractivity contribution in [2.75, 3.05) is 39.9 Å². The maximum atomic E-state index is 5.39. The first-order chi connectivity index (χ1) is 7.76. The Morgan fingerprint density at radius 3 is 2.56 bits per heavy atom. The van der Waals surface area contributed by atoms with Crippen LogP contribution < -0.4 is 5.32 Å². The molecule has 1 aliphatic heterocycles. The van der Waals surface area contributed by atoms with Gasteiger partial charge in [-0.1, -0.05) is 13.8 Å². The van der Waals surface area contributed by atoms with Crippen LogP contribution in [0.15, 0.2) is 0 Å². The minimum Gasteiger partial charge on any atom is -0.381 e. The predicted octanol–water partition coefficient (Wildman–Crippen LogP) is 1.73. The molecule has 1 rings (SSSR count). The molecule has 3 heteroatoms. The van der Waals surface area contributed by atoms with E-state index in [2.05, 4.69) is 31.1 Å². The Morgan fingerprint density at radius 1 is 1.31 bits per heavy atom. The highest BCUT2D eigenvalue weighted by atomic mass is 16.5. The van der Waals surface area contributed by atoms with E-state index >= 15 is 0 Å². The van der Waals surface area contributed by atoms with Crippen LogP contribution in [0, 0.1) is 5.92 Å². The van der Waals surface area contributed by atoms with E-state index in [1.54, 1.807) is 0 Å². The SMILES string of the molecule is CCNC(CC)CN(C)CC1CCOCC1. The zero-order valence-corrected chi connectivity index (χ0v) is 11.2. The first-order valence-electron chi connectivity index (χ1n) is 6.75. The third kappa shape index (κ3) is 5.28. The second-order valence-corrected chi connectivity index (χ2v) is 4.94. The second kappa shape index (κ2) is 8.04. The number of rotatable bonds is 7. The quantitative estimate of drug-likeness (QED) is 0.718. The average Bonchev–Trinajstić information content (AvgIpc) is 2.29. The molecule has 1 atom stereocenters. The highest BCUT2D eigenvalue weighted by molar-refractivity contribution is 4.72. The van der Waals surface area contributed by atoms with E-state index in [0.717, 1.165) is 25.7 Å². The number of hydrogen-bond donors (Lipinski definition) is 1. The summed E-state index contributed by atoms with van der Waals surface area (Å²) in [5.41, 5.74) is 0. The lowest BCUT2D eigenvalue weighted by molar-refractivity contribution is 0.0547. The zero-order valence-electron chi connectivity index (χ0n) is 11.2. The van der Waals surface area contributed by atoms with Gasteiger partial charge in [0.15, 0.2) is 0 Å². The molecule has 1 N–H and O–H groups in total. The molecule has 0 saturated carbocycles. The Bertz CT molecular complexity index is 163. The average molecular weight is 228 g/mol. The van der Waals surface area contributed by atoms with E-state index in [1.807, 2.05) is 0 Å². The topological polar surface area (TPSA) is 24.5 Å². The standard InChI is InChI=1S/C13H28N2O/c1-4-13(14-5-2)11-15(3)10-12-6-8-16-9-7-12/h12-14H,4-11H2,1-3H3. The highest BCUT2D eigenvalue weighted by Gasteiger charge is 2.17. The fourth-order valence-corrected chi connectivity index (χ4v) is 2.45. The van der Waals surface area contributed by atoms with Crippen molar-refractivity contribution in [3.05, 3.63) is 0 Å². The van der Waals surface area contributed by atoms with Gasteiger partial charge in [-0.15, -0.1) is 0 Å². The van der Waals surface area contributed by atoms with Crippen molar-refractivity contribution in [3.63, 3.8) is 0 Å². The Morgan fingerprint density at radius 2 is 2.00 bits per heavy atom. The molecule has 0 aromatic carbocycles. The molecule has 0 amide bonds. The van der Waals surface area contributed by atoms with E-state index in [-0.39, 0.29) is 0 Å². The van der Waals surface area contributed by atoms with Gasteiger partial charge in [0.2, 0.25) is 0 Å². The van der Waals surface area contributed by atoms with Crippen molar-refractivity contribution in [3.8, 4) is 0 Å². The summed E-state index contributed by atoms with van der Waals surface area (Å²) in [6.45, 7) is 9.83. The molecule has 0 spiro atoms. The molecule has 3 nitrogen and oxygen atoms in total. The van der Waals surface area contributed by atoms with Crippen LogP contribution in [0.1, 0.15) is 33.1 Å². The molecule has 1 heterocycles. The number of likely N-dealkylation sites (N-methyl/N-ethyl adjacent to an activating group) is 2. The van der Waals surface area contributed by atoms with E-state index < -0.39 is 0 Å². The van der Waals surface area contributed by atoms with E-state index in [0.29, 0.717) is 6.04 Å². The number of nitrogens with one attached hydrogen (secondary N) is 1. The van der Waals surface area contributed by atoms with Crippen LogP contribution in [0.5, 0.6) is 0 Å². The second-order valence-electron chi connectivity index (χ2n) is 4.94. The molecular formula is C13H28N2O. The first-order valence-corrected chi connectivity index (χ1v) is 6.75. The molecule has 1 unspecified atom stereocenters. The highest BCUT2D eigenvalue weighted by Crippen LogP contribution is 2.15. The minimum atomic E-state index is 0.648. The third-order valence-corrected chi connectivity index (χ3v) is 3.43. The molecular weight excluding hydrogens is 200 g/mol. The molecule has 16 heavy (non-hydrogen) atoms. The minimum absolute atomic E-state index is 0.648.